The van der Waals surface area contributed by atoms with E-state index in [-0.39, 0.29) is 11.7 Å². The number of aromatic nitrogens is 3. The van der Waals surface area contributed by atoms with Crippen molar-refractivity contribution in [3.63, 3.8) is 0 Å². The molecule has 0 fully saturated rings. The van der Waals surface area contributed by atoms with Crippen LogP contribution in [0.25, 0.3) is 11.4 Å². The molecular formula is C21H23N5O3S. The second kappa shape index (κ2) is 10.4. The van der Waals surface area contributed by atoms with Gasteiger partial charge in [0.1, 0.15) is 11.5 Å². The minimum absolute atomic E-state index is 0.171. The molecule has 0 saturated heterocycles. The SMILES string of the molecule is CCn1c(SCC(=O)N/N=C\c2ccccc2OC)nnc1-c1ccc(OC)cc1. The van der Waals surface area contributed by atoms with Crippen LogP contribution in [0.5, 0.6) is 11.5 Å². The predicted molar refractivity (Wildman–Crippen MR) is 117 cm³/mol. The Morgan fingerprint density at radius 3 is 2.60 bits per heavy atom. The maximum Gasteiger partial charge on any atom is 0.250 e. The molecule has 30 heavy (non-hydrogen) atoms. The van der Waals surface area contributed by atoms with E-state index in [0.717, 1.165) is 22.7 Å². The first-order valence-electron chi connectivity index (χ1n) is 9.31. The standard InChI is InChI=1S/C21H23N5O3S/c1-4-26-20(15-9-11-17(28-2)12-10-15)24-25-21(26)30-14-19(27)23-22-13-16-7-5-6-8-18(16)29-3/h5-13H,4,14H2,1-3H3,(H,23,27)/b22-13-. The summed E-state index contributed by atoms with van der Waals surface area (Å²) in [6.07, 6.45) is 1.55. The number of thioether (sulfide) groups is 1. The quantitative estimate of drug-likeness (QED) is 0.322. The number of rotatable bonds is 9. The second-order valence-corrected chi connectivity index (χ2v) is 7.05. The van der Waals surface area contributed by atoms with Crippen molar-refractivity contribution in [3.8, 4) is 22.9 Å². The number of carbonyl (C=O) groups excluding carboxylic acids is 1. The Bertz CT molecular complexity index is 1020. The number of benzene rings is 2. The van der Waals surface area contributed by atoms with Crippen molar-refractivity contribution in [2.24, 2.45) is 5.10 Å². The number of hydrazone groups is 1. The van der Waals surface area contributed by atoms with Gasteiger partial charge in [-0.15, -0.1) is 10.2 Å². The lowest BCUT2D eigenvalue weighted by atomic mass is 10.2. The zero-order valence-corrected chi connectivity index (χ0v) is 17.8. The van der Waals surface area contributed by atoms with E-state index in [0.29, 0.717) is 17.5 Å². The molecular weight excluding hydrogens is 402 g/mol. The van der Waals surface area contributed by atoms with Crippen LogP contribution in [0, 0.1) is 0 Å². The van der Waals surface area contributed by atoms with E-state index < -0.39 is 0 Å². The maximum atomic E-state index is 12.2. The number of carbonyl (C=O) groups is 1. The number of ether oxygens (including phenoxy) is 2. The van der Waals surface area contributed by atoms with Crippen LogP contribution in [0.2, 0.25) is 0 Å². The molecule has 1 amide bonds. The van der Waals surface area contributed by atoms with Crippen LogP contribution in [-0.2, 0) is 11.3 Å². The molecule has 8 nitrogen and oxygen atoms in total. The third-order valence-electron chi connectivity index (χ3n) is 4.25. The molecule has 3 rings (SSSR count). The molecule has 0 aliphatic carbocycles. The minimum atomic E-state index is -0.234. The van der Waals surface area contributed by atoms with Gasteiger partial charge in [0.05, 0.1) is 26.2 Å². The predicted octanol–water partition coefficient (Wildman–Crippen LogP) is 3.22. The molecule has 156 valence electrons. The van der Waals surface area contributed by atoms with Crippen molar-refractivity contribution < 1.29 is 14.3 Å². The van der Waals surface area contributed by atoms with Gasteiger partial charge in [-0.1, -0.05) is 23.9 Å². The van der Waals surface area contributed by atoms with Crippen molar-refractivity contribution in [1.82, 2.24) is 20.2 Å². The van der Waals surface area contributed by atoms with E-state index >= 15 is 0 Å². The van der Waals surface area contributed by atoms with Gasteiger partial charge in [-0.25, -0.2) is 5.43 Å². The van der Waals surface area contributed by atoms with Crippen LogP contribution in [-0.4, -0.2) is 46.9 Å². The molecule has 9 heteroatoms. The summed E-state index contributed by atoms with van der Waals surface area (Å²) in [5.41, 5.74) is 4.24. The molecule has 0 aliphatic heterocycles. The highest BCUT2D eigenvalue weighted by Gasteiger charge is 2.14. The van der Waals surface area contributed by atoms with Crippen molar-refractivity contribution in [2.45, 2.75) is 18.6 Å². The van der Waals surface area contributed by atoms with Gasteiger partial charge in [-0.05, 0) is 43.3 Å². The van der Waals surface area contributed by atoms with Crippen LogP contribution >= 0.6 is 11.8 Å². The average Bonchev–Trinajstić information content (AvgIpc) is 3.21. The Balaban J connectivity index is 1.60. The number of methoxy groups -OCH3 is 2. The molecule has 0 spiro atoms. The lowest BCUT2D eigenvalue weighted by Gasteiger charge is -2.07. The van der Waals surface area contributed by atoms with Crippen LogP contribution in [0.15, 0.2) is 58.8 Å². The molecule has 1 aromatic heterocycles. The molecule has 3 aromatic rings. The Morgan fingerprint density at radius 1 is 1.13 bits per heavy atom. The van der Waals surface area contributed by atoms with Gasteiger partial charge in [-0.2, -0.15) is 5.10 Å². The van der Waals surface area contributed by atoms with Crippen molar-refractivity contribution in [2.75, 3.05) is 20.0 Å². The highest BCUT2D eigenvalue weighted by molar-refractivity contribution is 7.99. The summed E-state index contributed by atoms with van der Waals surface area (Å²) in [5, 5.41) is 13.2. The fraction of sp³-hybridized carbons (Fsp3) is 0.238. The van der Waals surface area contributed by atoms with Gasteiger partial charge in [-0.3, -0.25) is 4.79 Å². The molecule has 0 aliphatic rings. The van der Waals surface area contributed by atoms with E-state index in [9.17, 15) is 4.79 Å². The Kier molecular flexibility index (Phi) is 7.45. The number of hydrogen-bond donors (Lipinski definition) is 1. The van der Waals surface area contributed by atoms with Crippen molar-refractivity contribution in [1.29, 1.82) is 0 Å². The summed E-state index contributed by atoms with van der Waals surface area (Å²) in [5.74, 6) is 2.15. The topological polar surface area (TPSA) is 90.6 Å². The van der Waals surface area contributed by atoms with E-state index in [1.54, 1.807) is 20.4 Å². The van der Waals surface area contributed by atoms with Crippen molar-refractivity contribution in [3.05, 3.63) is 54.1 Å². The summed E-state index contributed by atoms with van der Waals surface area (Å²) in [7, 11) is 3.22. The van der Waals surface area contributed by atoms with E-state index in [2.05, 4.69) is 20.7 Å². The van der Waals surface area contributed by atoms with E-state index in [1.807, 2.05) is 60.0 Å². The first-order valence-corrected chi connectivity index (χ1v) is 10.3. The number of amides is 1. The number of para-hydroxylation sites is 1. The monoisotopic (exact) mass is 425 g/mol. The van der Waals surface area contributed by atoms with Gasteiger partial charge in [0.2, 0.25) is 0 Å². The summed E-state index contributed by atoms with van der Waals surface area (Å²) in [6.45, 7) is 2.70. The average molecular weight is 426 g/mol. The molecule has 0 atom stereocenters. The van der Waals surface area contributed by atoms with Crippen LogP contribution in [0.3, 0.4) is 0 Å². The van der Waals surface area contributed by atoms with Gasteiger partial charge in [0.15, 0.2) is 11.0 Å². The van der Waals surface area contributed by atoms with Gasteiger partial charge < -0.3 is 14.0 Å². The number of nitrogens with zero attached hydrogens (tertiary/aromatic N) is 4. The lowest BCUT2D eigenvalue weighted by Crippen LogP contribution is -2.20. The normalized spacial score (nSPS) is 10.9. The number of hydrogen-bond acceptors (Lipinski definition) is 7. The maximum absolute atomic E-state index is 12.2. The molecule has 1 heterocycles. The first kappa shape index (κ1) is 21.4. The largest absolute Gasteiger partial charge is 0.497 e. The Labute approximate surface area is 179 Å². The van der Waals surface area contributed by atoms with Crippen molar-refractivity contribution >= 4 is 23.9 Å². The van der Waals surface area contributed by atoms with E-state index in [1.165, 1.54) is 11.8 Å². The molecule has 2 aromatic carbocycles. The molecule has 0 unspecified atom stereocenters. The van der Waals surface area contributed by atoms with Gasteiger partial charge >= 0.3 is 0 Å². The minimum Gasteiger partial charge on any atom is -0.497 e. The molecule has 0 bridgehead atoms. The fourth-order valence-corrected chi connectivity index (χ4v) is 3.54. The van der Waals surface area contributed by atoms with Gasteiger partial charge in [0.25, 0.3) is 5.91 Å². The van der Waals surface area contributed by atoms with Crippen LogP contribution in [0.4, 0.5) is 0 Å². The molecule has 1 N–H and O–H groups in total. The summed E-state index contributed by atoms with van der Waals surface area (Å²) in [6, 6.07) is 15.1. The zero-order chi connectivity index (χ0) is 21.3. The zero-order valence-electron chi connectivity index (χ0n) is 17.0. The highest BCUT2D eigenvalue weighted by atomic mass is 32.2. The Hall–Kier alpha value is -3.33. The smallest absolute Gasteiger partial charge is 0.250 e. The summed E-state index contributed by atoms with van der Waals surface area (Å²) >= 11 is 1.31. The second-order valence-electron chi connectivity index (χ2n) is 6.10. The van der Waals surface area contributed by atoms with E-state index in [4.69, 9.17) is 9.47 Å². The lowest BCUT2D eigenvalue weighted by molar-refractivity contribution is -0.118. The summed E-state index contributed by atoms with van der Waals surface area (Å²) in [4.78, 5) is 12.2. The van der Waals surface area contributed by atoms with Crippen LogP contribution in [0.1, 0.15) is 12.5 Å². The van der Waals surface area contributed by atoms with Crippen LogP contribution < -0.4 is 14.9 Å². The number of nitrogens with one attached hydrogen (secondary N) is 1. The molecule has 0 saturated carbocycles. The highest BCUT2D eigenvalue weighted by Crippen LogP contribution is 2.25. The third-order valence-corrected chi connectivity index (χ3v) is 5.21. The third kappa shape index (κ3) is 5.18. The Morgan fingerprint density at radius 2 is 1.90 bits per heavy atom. The summed E-state index contributed by atoms with van der Waals surface area (Å²) < 4.78 is 12.4. The van der Waals surface area contributed by atoms with Gasteiger partial charge in [0, 0.05) is 17.7 Å². The fourth-order valence-electron chi connectivity index (χ4n) is 2.74. The molecule has 0 radical (unpaired) electrons. The first-order chi connectivity index (χ1) is 14.7.